The second-order valence-electron chi connectivity index (χ2n) is 27.3. The van der Waals surface area contributed by atoms with Gasteiger partial charge in [-0.3, -0.25) is 37.3 Å². The molecule has 0 heterocycles. The highest BCUT2D eigenvalue weighted by molar-refractivity contribution is 7.47. The van der Waals surface area contributed by atoms with Gasteiger partial charge in [0.2, 0.25) is 0 Å². The highest BCUT2D eigenvalue weighted by atomic mass is 31.2. The lowest BCUT2D eigenvalue weighted by Gasteiger charge is -2.21. The van der Waals surface area contributed by atoms with Gasteiger partial charge in [0.25, 0.3) is 0 Å². The predicted octanol–water partition coefficient (Wildman–Crippen LogP) is 23.8. The molecular formula is C83H148O17P2. The van der Waals surface area contributed by atoms with Crippen molar-refractivity contribution in [2.24, 2.45) is 0 Å². The number of esters is 4. The van der Waals surface area contributed by atoms with E-state index >= 15 is 0 Å². The Kier molecular flexibility index (Phi) is 72.7. The zero-order valence-electron chi connectivity index (χ0n) is 64.8. The molecule has 0 saturated heterocycles. The minimum absolute atomic E-state index is 0.0392. The first-order valence-corrected chi connectivity index (χ1v) is 43.8. The minimum Gasteiger partial charge on any atom is -0.462 e. The fourth-order valence-electron chi connectivity index (χ4n) is 11.2. The number of allylic oxidation sites excluding steroid dienone is 14. The number of phosphoric ester groups is 2. The van der Waals surface area contributed by atoms with Gasteiger partial charge in [0.15, 0.2) is 12.2 Å². The lowest BCUT2D eigenvalue weighted by atomic mass is 10.0. The number of ether oxygens (including phenoxy) is 4. The molecule has 592 valence electrons. The van der Waals surface area contributed by atoms with Gasteiger partial charge in [-0.25, -0.2) is 9.13 Å². The van der Waals surface area contributed by atoms with Crippen LogP contribution in [0.4, 0.5) is 0 Å². The number of aliphatic hydroxyl groups excluding tert-OH is 1. The summed E-state index contributed by atoms with van der Waals surface area (Å²) in [4.78, 5) is 73.0. The van der Waals surface area contributed by atoms with Crippen molar-refractivity contribution < 1.29 is 80.2 Å². The van der Waals surface area contributed by atoms with E-state index in [1.807, 2.05) is 12.2 Å². The molecule has 17 nitrogen and oxygen atoms in total. The summed E-state index contributed by atoms with van der Waals surface area (Å²) in [5.74, 6) is -2.25. The highest BCUT2D eigenvalue weighted by Crippen LogP contribution is 2.45. The number of unbranched alkanes of at least 4 members (excludes halogenated alkanes) is 37. The molecule has 3 N–H and O–H groups in total. The molecule has 0 aromatic heterocycles. The highest BCUT2D eigenvalue weighted by Gasteiger charge is 2.30. The number of hydrogen-bond acceptors (Lipinski definition) is 15. The summed E-state index contributed by atoms with van der Waals surface area (Å²) in [6.07, 6.45) is 78.6. The van der Waals surface area contributed by atoms with Gasteiger partial charge in [-0.2, -0.15) is 0 Å². The summed E-state index contributed by atoms with van der Waals surface area (Å²) in [5, 5.41) is 10.6. The maximum absolute atomic E-state index is 13.1. The van der Waals surface area contributed by atoms with E-state index < -0.39 is 97.5 Å². The molecule has 0 aliphatic rings. The van der Waals surface area contributed by atoms with Crippen LogP contribution in [0.25, 0.3) is 0 Å². The summed E-state index contributed by atoms with van der Waals surface area (Å²) in [6.45, 7) is 4.72. The predicted molar refractivity (Wildman–Crippen MR) is 418 cm³/mol. The van der Waals surface area contributed by atoms with Crippen LogP contribution in [0.1, 0.15) is 362 Å². The fourth-order valence-corrected chi connectivity index (χ4v) is 12.8. The second kappa shape index (κ2) is 75.5. The monoisotopic (exact) mass is 1480 g/mol. The van der Waals surface area contributed by atoms with Crippen molar-refractivity contribution in [2.75, 3.05) is 39.6 Å². The van der Waals surface area contributed by atoms with Gasteiger partial charge < -0.3 is 33.8 Å². The topological polar surface area (TPSA) is 237 Å². The first-order chi connectivity index (χ1) is 49.7. The Balaban J connectivity index is 5.38. The first-order valence-electron chi connectivity index (χ1n) is 40.8. The number of rotatable bonds is 77. The van der Waals surface area contributed by atoms with Crippen LogP contribution in [0.5, 0.6) is 0 Å². The van der Waals surface area contributed by atoms with Gasteiger partial charge in [-0.1, -0.05) is 331 Å². The third kappa shape index (κ3) is 74.5. The van der Waals surface area contributed by atoms with Crippen molar-refractivity contribution in [2.45, 2.75) is 380 Å². The van der Waals surface area contributed by atoms with Gasteiger partial charge in [-0.15, -0.1) is 0 Å². The van der Waals surface area contributed by atoms with Crippen molar-refractivity contribution >= 4 is 39.5 Å². The van der Waals surface area contributed by atoms with Crippen LogP contribution >= 0.6 is 15.6 Å². The van der Waals surface area contributed by atoms with E-state index in [0.29, 0.717) is 32.1 Å². The molecule has 0 aliphatic heterocycles. The summed E-state index contributed by atoms with van der Waals surface area (Å²) in [5.41, 5.74) is 0. The molecule has 19 heteroatoms. The normalized spacial score (nSPS) is 14.3. The maximum atomic E-state index is 13.1. The Bertz CT molecular complexity index is 2260. The van der Waals surface area contributed by atoms with Crippen molar-refractivity contribution in [1.29, 1.82) is 0 Å². The zero-order chi connectivity index (χ0) is 74.6. The van der Waals surface area contributed by atoms with Gasteiger partial charge in [0.05, 0.1) is 26.4 Å². The van der Waals surface area contributed by atoms with Crippen LogP contribution < -0.4 is 0 Å². The molecule has 0 rings (SSSR count). The van der Waals surface area contributed by atoms with Gasteiger partial charge in [0.1, 0.15) is 19.3 Å². The third-order valence-corrected chi connectivity index (χ3v) is 19.3. The van der Waals surface area contributed by atoms with E-state index in [1.54, 1.807) is 0 Å². The van der Waals surface area contributed by atoms with Crippen LogP contribution in [0, 0.1) is 0 Å². The average molecular weight is 1480 g/mol. The maximum Gasteiger partial charge on any atom is 0.472 e. The number of carbonyl (C=O) groups is 4. The molecule has 0 aromatic carbocycles. The fraction of sp³-hybridized carbons (Fsp3) is 0.783. The molecule has 0 aliphatic carbocycles. The van der Waals surface area contributed by atoms with Crippen molar-refractivity contribution in [3.63, 3.8) is 0 Å². The molecule has 0 fully saturated rings. The lowest BCUT2D eigenvalue weighted by molar-refractivity contribution is -0.161. The van der Waals surface area contributed by atoms with Crippen molar-refractivity contribution in [3.8, 4) is 0 Å². The smallest absolute Gasteiger partial charge is 0.462 e. The Hall–Kier alpha value is -3.76. The molecule has 0 aromatic rings. The molecule has 5 atom stereocenters. The zero-order valence-corrected chi connectivity index (χ0v) is 66.6. The van der Waals surface area contributed by atoms with Gasteiger partial charge in [-0.05, 0) is 89.9 Å². The van der Waals surface area contributed by atoms with E-state index in [0.717, 1.165) is 116 Å². The number of phosphoric acid groups is 2. The Morgan fingerprint density at radius 1 is 0.284 bits per heavy atom. The summed E-state index contributed by atoms with van der Waals surface area (Å²) >= 11 is 0. The van der Waals surface area contributed by atoms with E-state index in [-0.39, 0.29) is 25.7 Å². The van der Waals surface area contributed by atoms with Crippen LogP contribution in [0.15, 0.2) is 85.1 Å². The third-order valence-electron chi connectivity index (χ3n) is 17.4. The van der Waals surface area contributed by atoms with Crippen molar-refractivity contribution in [1.82, 2.24) is 0 Å². The standard InChI is InChI=1S/C83H148O17P2/c1-5-9-13-17-21-25-29-33-36-37-38-39-42-45-48-52-56-60-64-68-81(86)94-74-79(100-83(88)70-66-62-58-54-50-46-41-35-31-27-23-19-15-11-7-3)76-98-102(91,92)96-72-77(84)71-95-101(89,90)97-75-78(99-82(87)69-65-61-57-53-49-43-32-28-24-20-16-12-8-4)73-93-80(85)67-63-59-55-51-47-44-40-34-30-26-22-18-14-10-6-2/h9,13,21,25,28,32-33,36,38-39,45,48,56,60,77-79,84H,5-8,10-12,14-20,22-24,26-27,29-31,34-35,37,40-44,46-47,49-55,57-59,61-76H2,1-4H3,(H,89,90)(H,91,92)/b13-9-,25-21-,32-28-,36-33-,39-38-,48-45-,60-56-. The average Bonchev–Trinajstić information content (AvgIpc) is 0.924. The van der Waals surface area contributed by atoms with Gasteiger partial charge in [0, 0.05) is 25.7 Å². The largest absolute Gasteiger partial charge is 0.472 e. The molecule has 0 bridgehead atoms. The second-order valence-corrected chi connectivity index (χ2v) is 30.3. The number of aliphatic hydroxyl groups is 1. The molecule has 5 unspecified atom stereocenters. The minimum atomic E-state index is -4.99. The summed E-state index contributed by atoms with van der Waals surface area (Å²) in [7, 11) is -9.96. The van der Waals surface area contributed by atoms with Crippen molar-refractivity contribution in [3.05, 3.63) is 85.1 Å². The first kappa shape index (κ1) is 98.2. The molecule has 0 radical (unpaired) electrons. The van der Waals surface area contributed by atoms with E-state index in [2.05, 4.69) is 101 Å². The molecule has 0 amide bonds. The Morgan fingerprint density at radius 2 is 0.529 bits per heavy atom. The molecule has 102 heavy (non-hydrogen) atoms. The van der Waals surface area contributed by atoms with Crippen LogP contribution in [0.3, 0.4) is 0 Å². The van der Waals surface area contributed by atoms with Crippen LogP contribution in [0.2, 0.25) is 0 Å². The van der Waals surface area contributed by atoms with Crippen LogP contribution in [-0.2, 0) is 65.4 Å². The SMILES string of the molecule is CC/C=C\C/C=C\C/C=C\C/C=C\C/C=C\C/C=C\CCC(=O)OCC(COP(=O)(O)OCC(O)COP(=O)(O)OCC(COC(=O)CCCCCCCCCCCCCCCCC)OC(=O)CCCCCCC/C=C\CCCCCC)OC(=O)CCCCCCCCCCCCCCCCC. The lowest BCUT2D eigenvalue weighted by Crippen LogP contribution is -2.30. The quantitative estimate of drug-likeness (QED) is 0.0169. The van der Waals surface area contributed by atoms with E-state index in [4.69, 9.17) is 37.0 Å². The van der Waals surface area contributed by atoms with Crippen LogP contribution in [-0.4, -0.2) is 96.7 Å². The Labute approximate surface area is 621 Å². The molecule has 0 spiro atoms. The number of hydrogen-bond donors (Lipinski definition) is 3. The van der Waals surface area contributed by atoms with E-state index in [1.165, 1.54) is 161 Å². The van der Waals surface area contributed by atoms with E-state index in [9.17, 15) is 43.2 Å². The molecular weight excluding hydrogens is 1330 g/mol. The number of carbonyl (C=O) groups excluding carboxylic acids is 4. The summed E-state index contributed by atoms with van der Waals surface area (Å²) < 4.78 is 68.6. The molecule has 0 saturated carbocycles. The van der Waals surface area contributed by atoms with Gasteiger partial charge >= 0.3 is 39.5 Å². The Morgan fingerprint density at radius 3 is 0.853 bits per heavy atom. The summed E-state index contributed by atoms with van der Waals surface area (Å²) in [6, 6.07) is 0.